The molecule has 0 aliphatic carbocycles. The van der Waals surface area contributed by atoms with Gasteiger partial charge >= 0.3 is 0 Å². The van der Waals surface area contributed by atoms with E-state index in [0.29, 0.717) is 0 Å². The quantitative estimate of drug-likeness (QED) is 0.434. The first-order chi connectivity index (χ1) is 5.17. The van der Waals surface area contributed by atoms with Crippen LogP contribution in [0.4, 0.5) is 0 Å². The van der Waals surface area contributed by atoms with Crippen LogP contribution in [-0.2, 0) is 0 Å². The zero-order valence-corrected chi connectivity index (χ0v) is 7.96. The van der Waals surface area contributed by atoms with Crippen molar-refractivity contribution in [3.05, 3.63) is 30.3 Å². The molecular formula is C10H12Si. The minimum atomic E-state index is -1.53. The average molecular weight is 160 g/mol. The SMILES string of the molecule is C#C[Si](C)(C)c1ccccc1. The third kappa shape index (κ3) is 1.72. The van der Waals surface area contributed by atoms with Gasteiger partial charge in [-0.05, 0) is 5.19 Å². The second kappa shape index (κ2) is 2.94. The van der Waals surface area contributed by atoms with Crippen LogP contribution >= 0.6 is 0 Å². The molecule has 1 heteroatoms. The second-order valence-corrected chi connectivity index (χ2v) is 7.25. The molecule has 0 nitrogen and oxygen atoms in total. The van der Waals surface area contributed by atoms with Gasteiger partial charge in [-0.2, -0.15) is 0 Å². The highest BCUT2D eigenvalue weighted by Gasteiger charge is 2.19. The maximum atomic E-state index is 5.45. The molecule has 1 aromatic carbocycles. The molecule has 0 saturated heterocycles. The summed E-state index contributed by atoms with van der Waals surface area (Å²) in [5, 5.41) is 1.34. The molecule has 1 aromatic rings. The Morgan fingerprint density at radius 3 is 2.18 bits per heavy atom. The van der Waals surface area contributed by atoms with Gasteiger partial charge in [0.1, 0.15) is 0 Å². The van der Waals surface area contributed by atoms with Crippen LogP contribution in [0.5, 0.6) is 0 Å². The average Bonchev–Trinajstić information content (AvgIpc) is 2.06. The molecule has 0 aromatic heterocycles. The number of rotatable bonds is 1. The van der Waals surface area contributed by atoms with Gasteiger partial charge < -0.3 is 0 Å². The lowest BCUT2D eigenvalue weighted by molar-refractivity contribution is 1.72. The highest BCUT2D eigenvalue weighted by molar-refractivity contribution is 6.96. The van der Waals surface area contributed by atoms with E-state index in [1.54, 1.807) is 0 Å². The first kappa shape index (κ1) is 8.10. The number of hydrogen-bond acceptors (Lipinski definition) is 0. The van der Waals surface area contributed by atoms with Crippen molar-refractivity contribution < 1.29 is 0 Å². The Morgan fingerprint density at radius 1 is 1.18 bits per heavy atom. The van der Waals surface area contributed by atoms with Crippen LogP contribution in [0.1, 0.15) is 0 Å². The third-order valence-corrected chi connectivity index (χ3v) is 4.35. The topological polar surface area (TPSA) is 0 Å². The van der Waals surface area contributed by atoms with Crippen LogP contribution < -0.4 is 5.19 Å². The summed E-state index contributed by atoms with van der Waals surface area (Å²) in [4.78, 5) is 0. The fourth-order valence-electron chi connectivity index (χ4n) is 0.938. The van der Waals surface area contributed by atoms with E-state index in [4.69, 9.17) is 6.42 Å². The van der Waals surface area contributed by atoms with E-state index in [9.17, 15) is 0 Å². The van der Waals surface area contributed by atoms with E-state index in [2.05, 4.69) is 30.8 Å². The molecule has 0 aliphatic heterocycles. The molecule has 56 valence electrons. The molecule has 11 heavy (non-hydrogen) atoms. The predicted octanol–water partition coefficient (Wildman–Crippen LogP) is 1.77. The van der Waals surface area contributed by atoms with Gasteiger partial charge in [0.05, 0.1) is 0 Å². The molecular weight excluding hydrogens is 148 g/mol. The first-order valence-electron chi connectivity index (χ1n) is 3.70. The van der Waals surface area contributed by atoms with Gasteiger partial charge in [0.25, 0.3) is 0 Å². The molecule has 0 heterocycles. The summed E-state index contributed by atoms with van der Waals surface area (Å²) in [6.07, 6.45) is 5.45. The van der Waals surface area contributed by atoms with Crippen molar-refractivity contribution in [2.75, 3.05) is 0 Å². The third-order valence-electron chi connectivity index (χ3n) is 1.86. The van der Waals surface area contributed by atoms with E-state index in [1.165, 1.54) is 5.19 Å². The van der Waals surface area contributed by atoms with Crippen LogP contribution in [-0.4, -0.2) is 8.07 Å². The van der Waals surface area contributed by atoms with Crippen molar-refractivity contribution in [2.24, 2.45) is 0 Å². The second-order valence-electron chi connectivity index (χ2n) is 3.14. The fraction of sp³-hybridized carbons (Fsp3) is 0.200. The van der Waals surface area contributed by atoms with Gasteiger partial charge in [-0.1, -0.05) is 43.4 Å². The van der Waals surface area contributed by atoms with Crippen molar-refractivity contribution in [2.45, 2.75) is 13.1 Å². The lowest BCUT2D eigenvalue weighted by Gasteiger charge is -2.13. The van der Waals surface area contributed by atoms with Gasteiger partial charge in [0, 0.05) is 0 Å². The van der Waals surface area contributed by atoms with Crippen molar-refractivity contribution in [1.29, 1.82) is 0 Å². The molecule has 0 N–H and O–H groups in total. The molecule has 0 radical (unpaired) electrons. The Morgan fingerprint density at radius 2 is 1.73 bits per heavy atom. The Bertz CT molecular complexity index is 267. The fourth-order valence-corrected chi connectivity index (χ4v) is 2.13. The molecule has 0 amide bonds. The van der Waals surface area contributed by atoms with Crippen molar-refractivity contribution >= 4 is 13.3 Å². The molecule has 0 bridgehead atoms. The zero-order chi connectivity index (χ0) is 8.32. The Balaban J connectivity index is 3.05. The summed E-state index contributed by atoms with van der Waals surface area (Å²) >= 11 is 0. The van der Waals surface area contributed by atoms with Crippen LogP contribution in [0, 0.1) is 12.0 Å². The number of hydrogen-bond donors (Lipinski definition) is 0. The van der Waals surface area contributed by atoms with Gasteiger partial charge in [-0.25, -0.2) is 0 Å². The lowest BCUT2D eigenvalue weighted by atomic mass is 10.4. The minimum absolute atomic E-state index is 1.34. The predicted molar refractivity (Wildman–Crippen MR) is 52.4 cm³/mol. The molecule has 0 saturated carbocycles. The number of benzene rings is 1. The van der Waals surface area contributed by atoms with Gasteiger partial charge in [0.2, 0.25) is 0 Å². The van der Waals surface area contributed by atoms with Crippen LogP contribution in [0.2, 0.25) is 13.1 Å². The van der Waals surface area contributed by atoms with E-state index < -0.39 is 8.07 Å². The lowest BCUT2D eigenvalue weighted by Crippen LogP contribution is -2.39. The van der Waals surface area contributed by atoms with E-state index in [0.717, 1.165) is 0 Å². The van der Waals surface area contributed by atoms with Gasteiger partial charge in [0.15, 0.2) is 8.07 Å². The summed E-state index contributed by atoms with van der Waals surface area (Å²) < 4.78 is 0. The summed E-state index contributed by atoms with van der Waals surface area (Å²) in [6, 6.07) is 10.3. The Kier molecular flexibility index (Phi) is 2.16. The van der Waals surface area contributed by atoms with Gasteiger partial charge in [-0.15, -0.1) is 12.0 Å². The highest BCUT2D eigenvalue weighted by atomic mass is 28.3. The van der Waals surface area contributed by atoms with Crippen molar-refractivity contribution in [3.63, 3.8) is 0 Å². The highest BCUT2D eigenvalue weighted by Crippen LogP contribution is 1.99. The van der Waals surface area contributed by atoms with Crippen LogP contribution in [0.15, 0.2) is 30.3 Å². The zero-order valence-electron chi connectivity index (χ0n) is 6.96. The van der Waals surface area contributed by atoms with Crippen molar-refractivity contribution in [1.82, 2.24) is 0 Å². The molecule has 0 fully saturated rings. The van der Waals surface area contributed by atoms with E-state index in [-0.39, 0.29) is 0 Å². The normalized spacial score (nSPS) is 10.6. The van der Waals surface area contributed by atoms with E-state index >= 15 is 0 Å². The van der Waals surface area contributed by atoms with Crippen molar-refractivity contribution in [3.8, 4) is 12.0 Å². The Labute approximate surface area is 69.3 Å². The largest absolute Gasteiger partial charge is 0.162 e. The molecule has 1 rings (SSSR count). The molecule has 0 aliphatic rings. The van der Waals surface area contributed by atoms with Crippen LogP contribution in [0.25, 0.3) is 0 Å². The number of terminal acetylenes is 1. The molecule has 0 spiro atoms. The summed E-state index contributed by atoms with van der Waals surface area (Å²) in [5.41, 5.74) is 2.90. The smallest absolute Gasteiger partial charge is 0.129 e. The Hall–Kier alpha value is -1.00. The maximum absolute atomic E-state index is 5.45. The van der Waals surface area contributed by atoms with Gasteiger partial charge in [-0.3, -0.25) is 0 Å². The standard InChI is InChI=1S/C10H12Si/c1-4-11(2,3)10-8-6-5-7-9-10/h1,5-9H,2-3H3. The van der Waals surface area contributed by atoms with Crippen LogP contribution in [0.3, 0.4) is 0 Å². The van der Waals surface area contributed by atoms with E-state index in [1.807, 2.05) is 18.2 Å². The first-order valence-corrected chi connectivity index (χ1v) is 6.70. The summed E-state index contributed by atoms with van der Waals surface area (Å²) in [5.74, 6) is 0. The summed E-state index contributed by atoms with van der Waals surface area (Å²) in [6.45, 7) is 4.37. The minimum Gasteiger partial charge on any atom is -0.129 e. The maximum Gasteiger partial charge on any atom is 0.162 e. The molecule has 0 unspecified atom stereocenters. The summed E-state index contributed by atoms with van der Waals surface area (Å²) in [7, 11) is -1.53. The molecule has 0 atom stereocenters. The monoisotopic (exact) mass is 160 g/mol.